The predicted molar refractivity (Wildman–Crippen MR) is 142 cm³/mol. The highest BCUT2D eigenvalue weighted by Crippen LogP contribution is 2.38. The Balaban J connectivity index is 1.53. The molecule has 5 heterocycles. The highest BCUT2D eigenvalue weighted by atomic mass is 19.1. The molecule has 8 nitrogen and oxygen atoms in total. The minimum absolute atomic E-state index is 0.111. The Morgan fingerprint density at radius 3 is 2.70 bits per heavy atom. The summed E-state index contributed by atoms with van der Waals surface area (Å²) in [6, 6.07) is 12.8. The van der Waals surface area contributed by atoms with E-state index in [0.29, 0.717) is 13.2 Å². The normalized spacial score (nSPS) is 20.4. The monoisotopic (exact) mass is 502 g/mol. The summed E-state index contributed by atoms with van der Waals surface area (Å²) in [5.41, 5.74) is 4.29. The van der Waals surface area contributed by atoms with Crippen molar-refractivity contribution in [2.24, 2.45) is 0 Å². The summed E-state index contributed by atoms with van der Waals surface area (Å²) in [6.45, 7) is 4.93. The summed E-state index contributed by atoms with van der Waals surface area (Å²) in [5.74, 6) is 0.603. The fourth-order valence-corrected chi connectivity index (χ4v) is 5.25. The van der Waals surface area contributed by atoms with E-state index in [0.717, 1.165) is 71.9 Å². The van der Waals surface area contributed by atoms with Crippen molar-refractivity contribution in [3.05, 3.63) is 60.7 Å². The number of anilines is 3. The number of pyridine rings is 2. The zero-order chi connectivity index (χ0) is 25.4. The molecule has 2 aliphatic heterocycles. The Labute approximate surface area is 215 Å². The average Bonchev–Trinajstić information content (AvgIpc) is 3.43. The molecule has 0 bridgehead atoms. The average molecular weight is 503 g/mol. The van der Waals surface area contributed by atoms with Gasteiger partial charge in [-0.2, -0.15) is 5.10 Å². The van der Waals surface area contributed by atoms with Gasteiger partial charge in [0.1, 0.15) is 22.8 Å². The van der Waals surface area contributed by atoms with E-state index >= 15 is 0 Å². The second-order valence-corrected chi connectivity index (χ2v) is 9.69. The van der Waals surface area contributed by atoms with E-state index in [2.05, 4.69) is 27.9 Å². The lowest BCUT2D eigenvalue weighted by atomic mass is 10.1. The third kappa shape index (κ3) is 4.53. The van der Waals surface area contributed by atoms with Gasteiger partial charge >= 0.3 is 0 Å². The third-order valence-corrected chi connectivity index (χ3v) is 7.27. The van der Waals surface area contributed by atoms with Crippen LogP contribution in [0.5, 0.6) is 0 Å². The van der Waals surface area contributed by atoms with E-state index in [1.54, 1.807) is 18.3 Å². The van der Waals surface area contributed by atoms with Gasteiger partial charge in [0.15, 0.2) is 6.23 Å². The van der Waals surface area contributed by atoms with Crippen LogP contribution in [0.1, 0.15) is 32.4 Å². The van der Waals surface area contributed by atoms with E-state index in [4.69, 9.17) is 19.4 Å². The highest BCUT2D eigenvalue weighted by molar-refractivity contribution is 6.01. The molecule has 2 saturated heterocycles. The summed E-state index contributed by atoms with van der Waals surface area (Å²) in [6.07, 6.45) is 6.60. The molecule has 192 valence electrons. The number of aromatic nitrogens is 4. The molecule has 37 heavy (non-hydrogen) atoms. The van der Waals surface area contributed by atoms with Gasteiger partial charge in [-0.05, 0) is 62.6 Å². The molecule has 0 amide bonds. The molecule has 0 N–H and O–H groups in total. The molecule has 4 aromatic rings. The number of nitrogens with zero attached hydrogens (tertiary/aromatic N) is 6. The van der Waals surface area contributed by atoms with Gasteiger partial charge in [-0.3, -0.25) is 4.98 Å². The van der Waals surface area contributed by atoms with Gasteiger partial charge in [0, 0.05) is 49.7 Å². The van der Waals surface area contributed by atoms with Crippen LogP contribution in [0.15, 0.2) is 54.9 Å². The number of morpholine rings is 1. The van der Waals surface area contributed by atoms with Crippen LogP contribution in [0.2, 0.25) is 0 Å². The van der Waals surface area contributed by atoms with E-state index in [1.165, 1.54) is 12.1 Å². The molecule has 1 aromatic carbocycles. The Morgan fingerprint density at radius 2 is 1.92 bits per heavy atom. The second kappa shape index (κ2) is 10.1. The summed E-state index contributed by atoms with van der Waals surface area (Å²) in [7, 11) is 1.99. The first-order valence-electron chi connectivity index (χ1n) is 12.9. The lowest BCUT2D eigenvalue weighted by Crippen LogP contribution is -2.44. The molecule has 2 fully saturated rings. The smallest absolute Gasteiger partial charge is 0.150 e. The number of benzene rings is 1. The first-order chi connectivity index (χ1) is 18.1. The van der Waals surface area contributed by atoms with Crippen LogP contribution in [-0.4, -0.2) is 59.2 Å². The number of ether oxygens (including phenoxy) is 2. The minimum atomic E-state index is -0.260. The van der Waals surface area contributed by atoms with Crippen molar-refractivity contribution in [2.75, 3.05) is 43.2 Å². The van der Waals surface area contributed by atoms with Gasteiger partial charge in [0.25, 0.3) is 0 Å². The SMILES string of the molecule is CC1COCCN1c1cc(N(C)c2ccc(F)cc2)c2ccnc(-c3ccnn3C3CCCCO3)c2n1. The fraction of sp³-hybridized carbons (Fsp3) is 0.393. The summed E-state index contributed by atoms with van der Waals surface area (Å²) >= 11 is 0. The molecule has 0 aliphatic carbocycles. The Hall–Kier alpha value is -3.56. The quantitative estimate of drug-likeness (QED) is 0.366. The summed E-state index contributed by atoms with van der Waals surface area (Å²) in [4.78, 5) is 14.3. The van der Waals surface area contributed by atoms with Crippen molar-refractivity contribution in [3.63, 3.8) is 0 Å². The Morgan fingerprint density at radius 1 is 1.05 bits per heavy atom. The van der Waals surface area contributed by atoms with E-state index in [1.807, 2.05) is 30.1 Å². The lowest BCUT2D eigenvalue weighted by molar-refractivity contribution is -0.0383. The van der Waals surface area contributed by atoms with Crippen LogP contribution in [0.4, 0.5) is 21.6 Å². The van der Waals surface area contributed by atoms with Crippen LogP contribution in [0.3, 0.4) is 0 Å². The van der Waals surface area contributed by atoms with Gasteiger partial charge in [-0.15, -0.1) is 0 Å². The molecule has 0 radical (unpaired) electrons. The zero-order valence-corrected chi connectivity index (χ0v) is 21.2. The number of fused-ring (bicyclic) bond motifs is 1. The van der Waals surface area contributed by atoms with E-state index < -0.39 is 0 Å². The molecule has 0 spiro atoms. The van der Waals surface area contributed by atoms with Crippen LogP contribution < -0.4 is 9.80 Å². The number of halogens is 1. The van der Waals surface area contributed by atoms with Crippen LogP contribution >= 0.6 is 0 Å². The van der Waals surface area contributed by atoms with Crippen molar-refractivity contribution in [3.8, 4) is 11.4 Å². The lowest BCUT2D eigenvalue weighted by Gasteiger charge is -2.35. The van der Waals surface area contributed by atoms with Gasteiger partial charge in [-0.25, -0.2) is 14.1 Å². The molecule has 2 aliphatic rings. The van der Waals surface area contributed by atoms with E-state index in [-0.39, 0.29) is 18.1 Å². The molecule has 2 atom stereocenters. The van der Waals surface area contributed by atoms with Crippen molar-refractivity contribution >= 4 is 28.1 Å². The molecule has 6 rings (SSSR count). The minimum Gasteiger partial charge on any atom is -0.377 e. The Kier molecular flexibility index (Phi) is 6.48. The third-order valence-electron chi connectivity index (χ3n) is 7.27. The number of hydrogen-bond acceptors (Lipinski definition) is 7. The van der Waals surface area contributed by atoms with Crippen LogP contribution in [0.25, 0.3) is 22.3 Å². The van der Waals surface area contributed by atoms with Gasteiger partial charge < -0.3 is 19.3 Å². The van der Waals surface area contributed by atoms with Gasteiger partial charge in [0.05, 0.1) is 30.6 Å². The van der Waals surface area contributed by atoms with Crippen molar-refractivity contribution < 1.29 is 13.9 Å². The van der Waals surface area contributed by atoms with Crippen molar-refractivity contribution in [2.45, 2.75) is 38.5 Å². The predicted octanol–water partition coefficient (Wildman–Crippen LogP) is 5.32. The first-order valence-corrected chi connectivity index (χ1v) is 12.9. The molecule has 3 aromatic heterocycles. The number of rotatable bonds is 5. The summed E-state index contributed by atoms with van der Waals surface area (Å²) < 4.78 is 27.4. The van der Waals surface area contributed by atoms with E-state index in [9.17, 15) is 4.39 Å². The molecule has 2 unspecified atom stereocenters. The maximum atomic E-state index is 13.7. The maximum absolute atomic E-state index is 13.7. The van der Waals surface area contributed by atoms with Crippen molar-refractivity contribution in [1.82, 2.24) is 19.7 Å². The Bertz CT molecular complexity index is 1390. The zero-order valence-electron chi connectivity index (χ0n) is 21.2. The highest BCUT2D eigenvalue weighted by Gasteiger charge is 2.26. The first kappa shape index (κ1) is 23.8. The van der Waals surface area contributed by atoms with Crippen molar-refractivity contribution in [1.29, 1.82) is 0 Å². The molecule has 9 heteroatoms. The second-order valence-electron chi connectivity index (χ2n) is 9.69. The standard InChI is InChI=1S/C28H31FN6O2/c1-19-18-36-16-14-34(19)25-17-24(33(2)21-8-6-20(29)7-9-21)22-10-12-30-28(27(22)32-25)23-11-13-31-35(23)26-5-3-4-15-37-26/h6-13,17,19,26H,3-5,14-16,18H2,1-2H3. The largest absolute Gasteiger partial charge is 0.377 e. The van der Waals surface area contributed by atoms with Crippen LogP contribution in [-0.2, 0) is 9.47 Å². The number of hydrogen-bond donors (Lipinski definition) is 0. The molecular weight excluding hydrogens is 471 g/mol. The molecular formula is C28H31FN6O2. The van der Waals surface area contributed by atoms with Gasteiger partial charge in [0.2, 0.25) is 0 Å². The van der Waals surface area contributed by atoms with Crippen LogP contribution in [0, 0.1) is 5.82 Å². The summed E-state index contributed by atoms with van der Waals surface area (Å²) in [5, 5.41) is 5.57. The molecule has 0 saturated carbocycles. The maximum Gasteiger partial charge on any atom is 0.150 e. The fourth-order valence-electron chi connectivity index (χ4n) is 5.25. The van der Waals surface area contributed by atoms with Gasteiger partial charge in [-0.1, -0.05) is 0 Å². The topological polar surface area (TPSA) is 68.5 Å².